The molecule has 0 spiro atoms. The van der Waals surface area contributed by atoms with Gasteiger partial charge in [0.25, 0.3) is 0 Å². The van der Waals surface area contributed by atoms with Gasteiger partial charge in [0.05, 0.1) is 6.10 Å². The molecule has 25 heavy (non-hydrogen) atoms. The zero-order valence-electron chi connectivity index (χ0n) is 14.8. The van der Waals surface area contributed by atoms with Crippen molar-refractivity contribution >= 4 is 17.3 Å². The van der Waals surface area contributed by atoms with E-state index >= 15 is 0 Å². The maximum Gasteiger partial charge on any atom is 0.191 e. The van der Waals surface area contributed by atoms with Gasteiger partial charge >= 0.3 is 0 Å². The van der Waals surface area contributed by atoms with E-state index in [0.29, 0.717) is 5.92 Å². The summed E-state index contributed by atoms with van der Waals surface area (Å²) in [4.78, 5) is 5.74. The number of ether oxygens (including phenoxy) is 1. The highest BCUT2D eigenvalue weighted by Crippen LogP contribution is 2.32. The first kappa shape index (κ1) is 18.0. The zero-order chi connectivity index (χ0) is 17.3. The number of thiophene rings is 1. The third-order valence-electron chi connectivity index (χ3n) is 4.57. The third-order valence-corrected chi connectivity index (χ3v) is 5.51. The van der Waals surface area contributed by atoms with Crippen LogP contribution < -0.4 is 10.6 Å². The first-order valence-electron chi connectivity index (χ1n) is 9.00. The SMILES string of the molecule is CN=C(NCCc1cccs1)NCC1CCCOC1c1ccccc1. The maximum atomic E-state index is 6.07. The van der Waals surface area contributed by atoms with Gasteiger partial charge in [0.2, 0.25) is 0 Å². The van der Waals surface area contributed by atoms with Crippen molar-refractivity contribution in [3.05, 3.63) is 58.3 Å². The minimum Gasteiger partial charge on any atom is -0.373 e. The van der Waals surface area contributed by atoms with Gasteiger partial charge in [-0.05, 0) is 36.3 Å². The van der Waals surface area contributed by atoms with Gasteiger partial charge in [0.1, 0.15) is 0 Å². The van der Waals surface area contributed by atoms with Crippen molar-refractivity contribution in [2.24, 2.45) is 10.9 Å². The Morgan fingerprint density at radius 1 is 1.20 bits per heavy atom. The highest BCUT2D eigenvalue weighted by Gasteiger charge is 2.27. The predicted molar refractivity (Wildman–Crippen MR) is 105 cm³/mol. The fourth-order valence-corrected chi connectivity index (χ4v) is 3.98. The van der Waals surface area contributed by atoms with Crippen molar-refractivity contribution in [3.63, 3.8) is 0 Å². The van der Waals surface area contributed by atoms with Crippen molar-refractivity contribution in [3.8, 4) is 0 Å². The lowest BCUT2D eigenvalue weighted by atomic mass is 9.89. The molecule has 1 aliphatic rings. The van der Waals surface area contributed by atoms with E-state index in [4.69, 9.17) is 4.74 Å². The first-order valence-corrected chi connectivity index (χ1v) is 9.88. The standard InChI is InChI=1S/C20H27N3OS/c1-21-20(22-12-11-18-10-6-14-25-18)23-15-17-9-5-13-24-19(17)16-7-3-2-4-8-16/h2-4,6-8,10,14,17,19H,5,9,11-13,15H2,1H3,(H2,21,22,23). The molecule has 1 aromatic carbocycles. The summed E-state index contributed by atoms with van der Waals surface area (Å²) in [5, 5.41) is 9.01. The molecule has 0 saturated carbocycles. The van der Waals surface area contributed by atoms with Crippen LogP contribution in [-0.2, 0) is 11.2 Å². The number of aliphatic imine (C=N–C) groups is 1. The summed E-state index contributed by atoms with van der Waals surface area (Å²) in [5.74, 6) is 1.33. The molecule has 2 aromatic rings. The van der Waals surface area contributed by atoms with E-state index in [0.717, 1.165) is 38.5 Å². The van der Waals surface area contributed by atoms with Crippen LogP contribution in [0.5, 0.6) is 0 Å². The lowest BCUT2D eigenvalue weighted by Crippen LogP contribution is -2.42. The van der Waals surface area contributed by atoms with Gasteiger partial charge in [-0.1, -0.05) is 36.4 Å². The average Bonchev–Trinajstić information content (AvgIpc) is 3.19. The second kappa shape index (κ2) is 9.59. The van der Waals surface area contributed by atoms with Crippen molar-refractivity contribution in [1.82, 2.24) is 10.6 Å². The third kappa shape index (κ3) is 5.31. The largest absolute Gasteiger partial charge is 0.373 e. The number of hydrogen-bond acceptors (Lipinski definition) is 3. The molecule has 0 bridgehead atoms. The summed E-state index contributed by atoms with van der Waals surface area (Å²) in [6.45, 7) is 2.62. The molecule has 134 valence electrons. The van der Waals surface area contributed by atoms with E-state index in [1.165, 1.54) is 16.9 Å². The quantitative estimate of drug-likeness (QED) is 0.613. The molecular weight excluding hydrogens is 330 g/mol. The summed E-state index contributed by atoms with van der Waals surface area (Å²) in [5.41, 5.74) is 1.27. The fraction of sp³-hybridized carbons (Fsp3) is 0.450. The molecule has 1 aromatic heterocycles. The molecule has 2 heterocycles. The summed E-state index contributed by atoms with van der Waals surface area (Å²) in [7, 11) is 1.83. The molecule has 0 aliphatic carbocycles. The minimum absolute atomic E-state index is 0.173. The number of nitrogens with zero attached hydrogens (tertiary/aromatic N) is 1. The van der Waals surface area contributed by atoms with E-state index in [1.807, 2.05) is 7.05 Å². The highest BCUT2D eigenvalue weighted by molar-refractivity contribution is 7.09. The fourth-order valence-electron chi connectivity index (χ4n) is 3.27. The number of nitrogens with one attached hydrogen (secondary N) is 2. The Balaban J connectivity index is 1.49. The van der Waals surface area contributed by atoms with Crippen LogP contribution in [0.15, 0.2) is 52.8 Å². The van der Waals surface area contributed by atoms with E-state index in [-0.39, 0.29) is 6.10 Å². The van der Waals surface area contributed by atoms with Crippen LogP contribution in [0.3, 0.4) is 0 Å². The lowest BCUT2D eigenvalue weighted by molar-refractivity contribution is -0.0265. The van der Waals surface area contributed by atoms with Crippen LogP contribution in [0.1, 0.15) is 29.4 Å². The Kier molecular flexibility index (Phi) is 6.89. The summed E-state index contributed by atoms with van der Waals surface area (Å²) >= 11 is 1.80. The molecular formula is C20H27N3OS. The van der Waals surface area contributed by atoms with Gasteiger partial charge in [-0.15, -0.1) is 11.3 Å². The minimum atomic E-state index is 0.173. The number of guanidine groups is 1. The molecule has 2 N–H and O–H groups in total. The molecule has 1 aliphatic heterocycles. The molecule has 2 atom stereocenters. The highest BCUT2D eigenvalue weighted by atomic mass is 32.1. The van der Waals surface area contributed by atoms with Crippen LogP contribution in [0.25, 0.3) is 0 Å². The lowest BCUT2D eigenvalue weighted by Gasteiger charge is -2.32. The van der Waals surface area contributed by atoms with Crippen molar-refractivity contribution in [2.45, 2.75) is 25.4 Å². The van der Waals surface area contributed by atoms with Gasteiger partial charge in [0, 0.05) is 37.5 Å². The summed E-state index contributed by atoms with van der Waals surface area (Å²) in [6.07, 6.45) is 3.50. The zero-order valence-corrected chi connectivity index (χ0v) is 15.6. The Bertz CT molecular complexity index is 642. The van der Waals surface area contributed by atoms with Gasteiger partial charge in [0.15, 0.2) is 5.96 Å². The van der Waals surface area contributed by atoms with E-state index in [2.05, 4.69) is 63.5 Å². The van der Waals surface area contributed by atoms with E-state index in [1.54, 1.807) is 11.3 Å². The molecule has 1 saturated heterocycles. The molecule has 5 heteroatoms. The number of rotatable bonds is 6. The first-order chi connectivity index (χ1) is 12.4. The van der Waals surface area contributed by atoms with Gasteiger partial charge in [-0.2, -0.15) is 0 Å². The number of hydrogen-bond donors (Lipinski definition) is 2. The van der Waals surface area contributed by atoms with Crippen LogP contribution >= 0.6 is 11.3 Å². The average molecular weight is 358 g/mol. The molecule has 1 fully saturated rings. The summed E-state index contributed by atoms with van der Waals surface area (Å²) in [6, 6.07) is 14.8. The molecule has 2 unspecified atom stereocenters. The molecule has 3 rings (SSSR count). The molecule has 0 amide bonds. The van der Waals surface area contributed by atoms with E-state index in [9.17, 15) is 0 Å². The molecule has 4 nitrogen and oxygen atoms in total. The molecule has 0 radical (unpaired) electrons. The Hall–Kier alpha value is -1.85. The monoisotopic (exact) mass is 357 g/mol. The van der Waals surface area contributed by atoms with E-state index < -0.39 is 0 Å². The summed E-state index contributed by atoms with van der Waals surface area (Å²) < 4.78 is 6.07. The smallest absolute Gasteiger partial charge is 0.191 e. The van der Waals surface area contributed by atoms with Gasteiger partial charge < -0.3 is 15.4 Å². The number of benzene rings is 1. The maximum absolute atomic E-state index is 6.07. The predicted octanol–water partition coefficient (Wildman–Crippen LogP) is 3.62. The van der Waals surface area contributed by atoms with Crippen LogP contribution in [-0.4, -0.2) is 32.7 Å². The Labute approximate surface area is 154 Å². The van der Waals surface area contributed by atoms with Crippen LogP contribution in [0.2, 0.25) is 0 Å². The second-order valence-electron chi connectivity index (χ2n) is 6.31. The van der Waals surface area contributed by atoms with Gasteiger partial charge in [-0.3, -0.25) is 4.99 Å². The topological polar surface area (TPSA) is 45.7 Å². The van der Waals surface area contributed by atoms with Crippen molar-refractivity contribution in [2.75, 3.05) is 26.7 Å². The van der Waals surface area contributed by atoms with Crippen LogP contribution in [0.4, 0.5) is 0 Å². The van der Waals surface area contributed by atoms with Crippen molar-refractivity contribution in [1.29, 1.82) is 0 Å². The Morgan fingerprint density at radius 3 is 2.84 bits per heavy atom. The van der Waals surface area contributed by atoms with Crippen molar-refractivity contribution < 1.29 is 4.74 Å². The second-order valence-corrected chi connectivity index (χ2v) is 7.35. The van der Waals surface area contributed by atoms with Gasteiger partial charge in [-0.25, -0.2) is 0 Å². The normalized spacial score (nSPS) is 21.1. The van der Waals surface area contributed by atoms with Crippen LogP contribution in [0, 0.1) is 5.92 Å². The Morgan fingerprint density at radius 2 is 2.08 bits per heavy atom.